The Kier molecular flexibility index (Phi) is 7.82. The highest BCUT2D eigenvalue weighted by Gasteiger charge is 2.26. The van der Waals surface area contributed by atoms with Crippen LogP contribution in [0.4, 0.5) is 0 Å². The molecule has 0 radical (unpaired) electrons. The van der Waals surface area contributed by atoms with E-state index in [0.717, 1.165) is 19.4 Å². The van der Waals surface area contributed by atoms with E-state index >= 15 is 0 Å². The van der Waals surface area contributed by atoms with Gasteiger partial charge in [-0.2, -0.15) is 0 Å². The van der Waals surface area contributed by atoms with Gasteiger partial charge in [0.25, 0.3) is 0 Å². The van der Waals surface area contributed by atoms with Crippen molar-refractivity contribution in [3.8, 4) is 0 Å². The first-order valence-electron chi connectivity index (χ1n) is 8.98. The third-order valence-corrected chi connectivity index (χ3v) is 4.77. The van der Waals surface area contributed by atoms with Gasteiger partial charge in [-0.15, -0.1) is 0 Å². The molecule has 132 valence electrons. The number of ether oxygens (including phenoxy) is 1. The molecule has 23 heavy (non-hydrogen) atoms. The molecule has 6 heteroatoms. The van der Waals surface area contributed by atoms with E-state index in [2.05, 4.69) is 5.32 Å². The van der Waals surface area contributed by atoms with Crippen LogP contribution in [0.2, 0.25) is 0 Å². The van der Waals surface area contributed by atoms with Crippen LogP contribution < -0.4 is 5.32 Å². The van der Waals surface area contributed by atoms with Crippen LogP contribution in [0.25, 0.3) is 0 Å². The van der Waals surface area contributed by atoms with Crippen molar-refractivity contribution in [3.05, 3.63) is 0 Å². The zero-order valence-electron chi connectivity index (χ0n) is 14.0. The molecule has 1 amide bonds. The molecule has 1 aliphatic heterocycles. The van der Waals surface area contributed by atoms with E-state index in [0.29, 0.717) is 38.8 Å². The zero-order valence-corrected chi connectivity index (χ0v) is 14.0. The number of hydrogen-bond acceptors (Lipinski definition) is 4. The van der Waals surface area contributed by atoms with Gasteiger partial charge >= 0.3 is 5.97 Å². The molecular weight excluding hydrogens is 296 g/mol. The van der Waals surface area contributed by atoms with Gasteiger partial charge in [-0.05, 0) is 38.6 Å². The van der Waals surface area contributed by atoms with Crippen LogP contribution in [-0.4, -0.2) is 60.8 Å². The standard InChI is InChI=1S/C17H30N2O4/c20-16(13-19-10-4-6-14(12-19)17(21)22)18-9-5-11-23-15-7-2-1-3-8-15/h14-15H,1-13H2,(H,18,20)(H,21,22). The van der Waals surface area contributed by atoms with Crippen molar-refractivity contribution in [2.75, 3.05) is 32.8 Å². The summed E-state index contributed by atoms with van der Waals surface area (Å²) in [5.74, 6) is -1.11. The average Bonchev–Trinajstić information content (AvgIpc) is 2.55. The van der Waals surface area contributed by atoms with Crippen molar-refractivity contribution in [1.29, 1.82) is 0 Å². The summed E-state index contributed by atoms with van der Waals surface area (Å²) in [5.41, 5.74) is 0. The Balaban J connectivity index is 1.52. The molecule has 1 aliphatic carbocycles. The molecule has 0 bridgehead atoms. The van der Waals surface area contributed by atoms with Crippen LogP contribution in [0.5, 0.6) is 0 Å². The first-order chi connectivity index (χ1) is 11.1. The molecule has 0 spiro atoms. The summed E-state index contributed by atoms with van der Waals surface area (Å²) < 4.78 is 5.83. The van der Waals surface area contributed by atoms with Crippen LogP contribution in [0.15, 0.2) is 0 Å². The number of rotatable bonds is 8. The summed E-state index contributed by atoms with van der Waals surface area (Å²) in [6.45, 7) is 2.92. The quantitative estimate of drug-likeness (QED) is 0.663. The third kappa shape index (κ3) is 6.87. The molecule has 0 aromatic carbocycles. The number of aliphatic carboxylic acids is 1. The molecular formula is C17H30N2O4. The van der Waals surface area contributed by atoms with Crippen LogP contribution in [0.3, 0.4) is 0 Å². The molecule has 6 nitrogen and oxygen atoms in total. The number of carbonyl (C=O) groups excluding carboxylic acids is 1. The topological polar surface area (TPSA) is 78.9 Å². The maximum absolute atomic E-state index is 11.9. The Morgan fingerprint density at radius 1 is 1.13 bits per heavy atom. The molecule has 2 rings (SSSR count). The van der Waals surface area contributed by atoms with E-state index in [-0.39, 0.29) is 11.8 Å². The van der Waals surface area contributed by atoms with Crippen molar-refractivity contribution >= 4 is 11.9 Å². The van der Waals surface area contributed by atoms with Crippen molar-refractivity contribution in [2.24, 2.45) is 5.92 Å². The number of carboxylic acids is 1. The van der Waals surface area contributed by atoms with Gasteiger partial charge in [0.2, 0.25) is 5.91 Å². The summed E-state index contributed by atoms with van der Waals surface area (Å²) in [6.07, 6.45) is 9.03. The van der Waals surface area contributed by atoms with Gasteiger partial charge in [-0.25, -0.2) is 0 Å². The molecule has 1 saturated heterocycles. The van der Waals surface area contributed by atoms with E-state index in [4.69, 9.17) is 9.84 Å². The predicted octanol–water partition coefficient (Wildman–Crippen LogP) is 1.64. The molecule has 2 aliphatic rings. The summed E-state index contributed by atoms with van der Waals surface area (Å²) in [5, 5.41) is 12.0. The van der Waals surface area contributed by atoms with Gasteiger partial charge in [0, 0.05) is 19.7 Å². The Bertz CT molecular complexity index is 383. The average molecular weight is 326 g/mol. The van der Waals surface area contributed by atoms with Crippen LogP contribution in [-0.2, 0) is 14.3 Å². The summed E-state index contributed by atoms with van der Waals surface area (Å²) in [6, 6.07) is 0. The first-order valence-corrected chi connectivity index (χ1v) is 8.98. The number of nitrogens with one attached hydrogen (secondary N) is 1. The predicted molar refractivity (Wildman–Crippen MR) is 87.3 cm³/mol. The molecule has 0 aromatic heterocycles. The fraction of sp³-hybridized carbons (Fsp3) is 0.882. The van der Waals surface area contributed by atoms with Gasteiger partial charge < -0.3 is 15.2 Å². The lowest BCUT2D eigenvalue weighted by molar-refractivity contribution is -0.144. The van der Waals surface area contributed by atoms with Crippen molar-refractivity contribution in [3.63, 3.8) is 0 Å². The number of hydrogen-bond donors (Lipinski definition) is 2. The Labute approximate surface area is 138 Å². The third-order valence-electron chi connectivity index (χ3n) is 4.77. The highest BCUT2D eigenvalue weighted by Crippen LogP contribution is 2.20. The monoisotopic (exact) mass is 326 g/mol. The highest BCUT2D eigenvalue weighted by molar-refractivity contribution is 5.78. The fourth-order valence-corrected chi connectivity index (χ4v) is 3.44. The van der Waals surface area contributed by atoms with Crippen LogP contribution in [0.1, 0.15) is 51.4 Å². The van der Waals surface area contributed by atoms with E-state index in [1.807, 2.05) is 4.90 Å². The van der Waals surface area contributed by atoms with Crippen molar-refractivity contribution in [2.45, 2.75) is 57.5 Å². The Morgan fingerprint density at radius 2 is 1.91 bits per heavy atom. The molecule has 1 saturated carbocycles. The van der Waals surface area contributed by atoms with Gasteiger partial charge in [-0.3, -0.25) is 14.5 Å². The second-order valence-corrected chi connectivity index (χ2v) is 6.75. The SMILES string of the molecule is O=C(CN1CCCC(C(=O)O)C1)NCCCOC1CCCCC1. The van der Waals surface area contributed by atoms with E-state index < -0.39 is 5.97 Å². The molecule has 1 unspecified atom stereocenters. The lowest BCUT2D eigenvalue weighted by atomic mass is 9.98. The summed E-state index contributed by atoms with van der Waals surface area (Å²) in [7, 11) is 0. The van der Waals surface area contributed by atoms with Gasteiger partial charge in [0.15, 0.2) is 0 Å². The number of carbonyl (C=O) groups is 2. The van der Waals surface area contributed by atoms with Crippen molar-refractivity contribution in [1.82, 2.24) is 10.2 Å². The molecule has 0 aromatic rings. The van der Waals surface area contributed by atoms with Crippen LogP contribution >= 0.6 is 0 Å². The Morgan fingerprint density at radius 3 is 2.65 bits per heavy atom. The number of carboxylic acid groups (broad SMARTS) is 1. The lowest BCUT2D eigenvalue weighted by Gasteiger charge is -2.29. The van der Waals surface area contributed by atoms with Gasteiger partial charge in [0.1, 0.15) is 0 Å². The molecule has 2 N–H and O–H groups in total. The number of nitrogens with zero attached hydrogens (tertiary/aromatic N) is 1. The number of amides is 1. The molecule has 1 atom stereocenters. The maximum Gasteiger partial charge on any atom is 0.307 e. The van der Waals surface area contributed by atoms with Crippen LogP contribution in [0, 0.1) is 5.92 Å². The largest absolute Gasteiger partial charge is 0.481 e. The molecule has 1 heterocycles. The second kappa shape index (κ2) is 9.88. The number of piperidine rings is 1. The highest BCUT2D eigenvalue weighted by atomic mass is 16.5. The maximum atomic E-state index is 11.9. The van der Waals surface area contributed by atoms with E-state index in [1.165, 1.54) is 32.1 Å². The lowest BCUT2D eigenvalue weighted by Crippen LogP contribution is -2.44. The normalized spacial score (nSPS) is 23.6. The smallest absolute Gasteiger partial charge is 0.307 e. The molecule has 2 fully saturated rings. The minimum atomic E-state index is -0.755. The van der Waals surface area contributed by atoms with Crippen molar-refractivity contribution < 1.29 is 19.4 Å². The second-order valence-electron chi connectivity index (χ2n) is 6.75. The fourth-order valence-electron chi connectivity index (χ4n) is 3.44. The first kappa shape index (κ1) is 18.2. The summed E-state index contributed by atoms with van der Waals surface area (Å²) in [4.78, 5) is 24.9. The van der Waals surface area contributed by atoms with Gasteiger partial charge in [0.05, 0.1) is 18.6 Å². The number of likely N-dealkylation sites (tertiary alicyclic amines) is 1. The minimum Gasteiger partial charge on any atom is -0.481 e. The van der Waals surface area contributed by atoms with E-state index in [1.54, 1.807) is 0 Å². The Hall–Kier alpha value is -1.14. The van der Waals surface area contributed by atoms with E-state index in [9.17, 15) is 9.59 Å². The summed E-state index contributed by atoms with van der Waals surface area (Å²) >= 11 is 0. The zero-order chi connectivity index (χ0) is 16.5. The van der Waals surface area contributed by atoms with Gasteiger partial charge in [-0.1, -0.05) is 19.3 Å². The minimum absolute atomic E-state index is 0.0197.